The fraction of sp³-hybridized carbons (Fsp3) is 0.529. The molecule has 2 N–H and O–H groups in total. The molecule has 0 aliphatic carbocycles. The van der Waals surface area contributed by atoms with E-state index >= 15 is 0 Å². The number of benzene rings is 1. The number of amides is 2. The zero-order valence-electron chi connectivity index (χ0n) is 13.6. The molecule has 0 saturated carbocycles. The third kappa shape index (κ3) is 3.53. The average molecular weight is 333 g/mol. The molecule has 3 rings (SSSR count). The number of hydrogen-bond donors (Lipinski definition) is 2. The Labute approximate surface area is 141 Å². The molecule has 2 amide bonds. The highest BCUT2D eigenvalue weighted by Gasteiger charge is 2.32. The zero-order valence-corrected chi connectivity index (χ0v) is 14.4. The van der Waals surface area contributed by atoms with Crippen LogP contribution in [0.3, 0.4) is 0 Å². The summed E-state index contributed by atoms with van der Waals surface area (Å²) in [6.07, 6.45) is 1.90. The molecule has 0 spiro atoms. The number of carbonyl (C=O) groups excluding carboxylic acids is 2. The lowest BCUT2D eigenvalue weighted by molar-refractivity contribution is -0.121. The van der Waals surface area contributed by atoms with E-state index in [9.17, 15) is 9.59 Å². The molecule has 23 heavy (non-hydrogen) atoms. The van der Waals surface area contributed by atoms with E-state index in [2.05, 4.69) is 10.6 Å². The van der Waals surface area contributed by atoms with E-state index in [1.807, 2.05) is 42.9 Å². The van der Waals surface area contributed by atoms with Gasteiger partial charge in [0.1, 0.15) is 0 Å². The van der Waals surface area contributed by atoms with Gasteiger partial charge >= 0.3 is 0 Å². The van der Waals surface area contributed by atoms with Crippen LogP contribution in [0.15, 0.2) is 18.2 Å². The van der Waals surface area contributed by atoms with Crippen molar-refractivity contribution in [2.45, 2.75) is 18.9 Å². The molecule has 5 nitrogen and oxygen atoms in total. The van der Waals surface area contributed by atoms with Crippen LogP contribution < -0.4 is 10.6 Å². The average Bonchev–Trinajstić information content (AvgIpc) is 3.01. The van der Waals surface area contributed by atoms with Crippen molar-refractivity contribution in [3.05, 3.63) is 29.3 Å². The summed E-state index contributed by atoms with van der Waals surface area (Å²) in [6, 6.07) is 5.44. The molecule has 0 bridgehead atoms. The first kappa shape index (κ1) is 16.3. The molecule has 1 aromatic carbocycles. The normalized spacial score (nSPS) is 21.7. The summed E-state index contributed by atoms with van der Waals surface area (Å²) in [4.78, 5) is 26.5. The van der Waals surface area contributed by atoms with Crippen molar-refractivity contribution in [1.29, 1.82) is 0 Å². The fourth-order valence-corrected chi connectivity index (χ4v) is 4.68. The lowest BCUT2D eigenvalue weighted by atomic mass is 9.96. The first-order valence-electron chi connectivity index (χ1n) is 8.02. The van der Waals surface area contributed by atoms with Crippen molar-refractivity contribution < 1.29 is 9.59 Å². The highest BCUT2D eigenvalue weighted by atomic mass is 32.2. The zero-order chi connectivity index (χ0) is 16.4. The van der Waals surface area contributed by atoms with E-state index < -0.39 is 0 Å². The van der Waals surface area contributed by atoms with Crippen molar-refractivity contribution in [2.24, 2.45) is 5.92 Å². The van der Waals surface area contributed by atoms with Crippen molar-refractivity contribution >= 4 is 29.3 Å². The number of anilines is 1. The standard InChI is InChI=1S/C17H23N3O2S/c1-20(2)15(12-6-8-23-10-12)17(22)19-13-3-4-14-11(9-13)5-7-18-16(14)21/h3-4,9,12,15H,5-8,10H2,1-2H3,(H,18,21)(H,19,22). The Hall–Kier alpha value is -1.53. The third-order valence-electron chi connectivity index (χ3n) is 4.53. The summed E-state index contributed by atoms with van der Waals surface area (Å²) in [5, 5.41) is 5.88. The summed E-state index contributed by atoms with van der Waals surface area (Å²) in [5.41, 5.74) is 2.50. The Morgan fingerprint density at radius 1 is 1.43 bits per heavy atom. The Bertz CT molecular complexity index is 612. The number of rotatable bonds is 4. The maximum Gasteiger partial charge on any atom is 0.251 e. The number of likely N-dealkylation sites (N-methyl/N-ethyl adjacent to an activating group) is 1. The molecular formula is C17H23N3O2S. The maximum absolute atomic E-state index is 12.7. The van der Waals surface area contributed by atoms with Crippen LogP contribution in [0.5, 0.6) is 0 Å². The number of thioether (sulfide) groups is 1. The van der Waals surface area contributed by atoms with Crippen molar-refractivity contribution in [3.8, 4) is 0 Å². The number of carbonyl (C=O) groups is 2. The SMILES string of the molecule is CN(C)C(C(=O)Nc1ccc2c(c1)CCNC2=O)C1CCSC1. The lowest BCUT2D eigenvalue weighted by Crippen LogP contribution is -2.45. The second-order valence-electron chi connectivity index (χ2n) is 6.40. The topological polar surface area (TPSA) is 61.4 Å². The van der Waals surface area contributed by atoms with Crippen LogP contribution in [0.2, 0.25) is 0 Å². The summed E-state index contributed by atoms with van der Waals surface area (Å²) >= 11 is 1.92. The molecule has 1 aromatic rings. The van der Waals surface area contributed by atoms with Gasteiger partial charge in [-0.05, 0) is 68.1 Å². The van der Waals surface area contributed by atoms with Crippen LogP contribution in [0.1, 0.15) is 22.3 Å². The molecule has 124 valence electrons. The third-order valence-corrected chi connectivity index (χ3v) is 5.72. The Morgan fingerprint density at radius 2 is 2.26 bits per heavy atom. The predicted octanol–water partition coefficient (Wildman–Crippen LogP) is 1.59. The molecule has 0 radical (unpaired) electrons. The van der Waals surface area contributed by atoms with Crippen molar-refractivity contribution in [3.63, 3.8) is 0 Å². The largest absolute Gasteiger partial charge is 0.352 e. The highest BCUT2D eigenvalue weighted by Crippen LogP contribution is 2.29. The maximum atomic E-state index is 12.7. The molecule has 2 unspecified atom stereocenters. The van der Waals surface area contributed by atoms with E-state index in [4.69, 9.17) is 0 Å². The first-order valence-corrected chi connectivity index (χ1v) is 9.18. The van der Waals surface area contributed by atoms with Crippen LogP contribution in [0.4, 0.5) is 5.69 Å². The highest BCUT2D eigenvalue weighted by molar-refractivity contribution is 7.99. The van der Waals surface area contributed by atoms with Gasteiger partial charge in [-0.15, -0.1) is 0 Å². The van der Waals surface area contributed by atoms with Crippen molar-refractivity contribution in [2.75, 3.05) is 37.5 Å². The van der Waals surface area contributed by atoms with Crippen LogP contribution in [-0.2, 0) is 11.2 Å². The van der Waals surface area contributed by atoms with Crippen molar-refractivity contribution in [1.82, 2.24) is 10.2 Å². The summed E-state index contributed by atoms with van der Waals surface area (Å²) < 4.78 is 0. The second-order valence-corrected chi connectivity index (χ2v) is 7.55. The minimum atomic E-state index is -0.107. The molecule has 6 heteroatoms. The van der Waals surface area contributed by atoms with Gasteiger partial charge in [0, 0.05) is 17.8 Å². The summed E-state index contributed by atoms with van der Waals surface area (Å²) in [7, 11) is 3.93. The molecule has 1 fully saturated rings. The fourth-order valence-electron chi connectivity index (χ4n) is 3.39. The van der Waals surface area contributed by atoms with Gasteiger partial charge in [-0.25, -0.2) is 0 Å². The molecule has 0 aromatic heterocycles. The summed E-state index contributed by atoms with van der Waals surface area (Å²) in [6.45, 7) is 0.656. The summed E-state index contributed by atoms with van der Waals surface area (Å²) in [5.74, 6) is 2.59. The van der Waals surface area contributed by atoms with Gasteiger partial charge in [0.05, 0.1) is 6.04 Å². The smallest absolute Gasteiger partial charge is 0.251 e. The van der Waals surface area contributed by atoms with Crippen LogP contribution in [0.25, 0.3) is 0 Å². The molecule has 2 aliphatic heterocycles. The van der Waals surface area contributed by atoms with Gasteiger partial charge in [0.25, 0.3) is 5.91 Å². The number of nitrogens with zero attached hydrogens (tertiary/aromatic N) is 1. The Balaban J connectivity index is 1.75. The van der Waals surface area contributed by atoms with E-state index in [1.165, 1.54) is 0 Å². The number of nitrogens with one attached hydrogen (secondary N) is 2. The molecule has 2 heterocycles. The van der Waals surface area contributed by atoms with Crippen LogP contribution in [0, 0.1) is 5.92 Å². The predicted molar refractivity (Wildman–Crippen MR) is 94.0 cm³/mol. The lowest BCUT2D eigenvalue weighted by Gasteiger charge is -2.28. The molecule has 2 aliphatic rings. The van der Waals surface area contributed by atoms with E-state index in [0.717, 1.165) is 35.6 Å². The van der Waals surface area contributed by atoms with E-state index in [1.54, 1.807) is 6.07 Å². The molecule has 1 saturated heterocycles. The minimum absolute atomic E-state index is 0.0294. The first-order chi connectivity index (χ1) is 11.1. The monoisotopic (exact) mass is 333 g/mol. The molecule has 2 atom stereocenters. The number of hydrogen-bond acceptors (Lipinski definition) is 4. The van der Waals surface area contributed by atoms with Gasteiger partial charge in [-0.2, -0.15) is 11.8 Å². The van der Waals surface area contributed by atoms with Gasteiger partial charge in [0.15, 0.2) is 0 Å². The Morgan fingerprint density at radius 3 is 2.96 bits per heavy atom. The van der Waals surface area contributed by atoms with Crippen LogP contribution >= 0.6 is 11.8 Å². The second kappa shape index (κ2) is 6.93. The minimum Gasteiger partial charge on any atom is -0.352 e. The van der Waals surface area contributed by atoms with Gasteiger partial charge in [-0.1, -0.05) is 0 Å². The van der Waals surface area contributed by atoms with E-state index in [0.29, 0.717) is 18.0 Å². The van der Waals surface area contributed by atoms with Gasteiger partial charge < -0.3 is 10.6 Å². The molecular weight excluding hydrogens is 310 g/mol. The van der Waals surface area contributed by atoms with Gasteiger partial charge in [-0.3, -0.25) is 14.5 Å². The van der Waals surface area contributed by atoms with Gasteiger partial charge in [0.2, 0.25) is 5.91 Å². The number of fused-ring (bicyclic) bond motifs is 1. The van der Waals surface area contributed by atoms with E-state index in [-0.39, 0.29) is 17.9 Å². The quantitative estimate of drug-likeness (QED) is 0.878. The Kier molecular flexibility index (Phi) is 4.92. The van der Waals surface area contributed by atoms with Crippen LogP contribution in [-0.4, -0.2) is 54.9 Å².